The van der Waals surface area contributed by atoms with E-state index in [0.717, 1.165) is 58.3 Å². The van der Waals surface area contributed by atoms with E-state index in [1.807, 2.05) is 54.6 Å². The summed E-state index contributed by atoms with van der Waals surface area (Å²) in [5, 5.41) is 3.21. The molecule has 1 aliphatic rings. The number of hydrogen-bond acceptors (Lipinski definition) is 5. The number of amides is 2. The fraction of sp³-hybridized carbons (Fsp3) is 0.375. The van der Waals surface area contributed by atoms with Gasteiger partial charge in [0.2, 0.25) is 21.8 Å². The van der Waals surface area contributed by atoms with Crippen LogP contribution in [0.5, 0.6) is 5.75 Å². The summed E-state index contributed by atoms with van der Waals surface area (Å²) in [7, 11) is -2.36. The number of nitrogens with one attached hydrogen (secondary N) is 1. The molecule has 10 heteroatoms. The molecule has 1 atom stereocenters. The van der Waals surface area contributed by atoms with E-state index < -0.39 is 28.5 Å². The Kier molecular flexibility index (Phi) is 11.0. The van der Waals surface area contributed by atoms with Crippen LogP contribution in [0, 0.1) is 0 Å². The first-order valence-electron chi connectivity index (χ1n) is 14.1. The predicted molar refractivity (Wildman–Crippen MR) is 169 cm³/mol. The maximum Gasteiger partial charge on any atom is 0.244 e. The fourth-order valence-electron chi connectivity index (χ4n) is 5.31. The molecule has 0 saturated heterocycles. The van der Waals surface area contributed by atoms with E-state index in [9.17, 15) is 18.0 Å². The van der Waals surface area contributed by atoms with Crippen LogP contribution in [0.2, 0.25) is 0 Å². The molecule has 3 aromatic rings. The van der Waals surface area contributed by atoms with Crippen LogP contribution in [0.4, 0.5) is 5.69 Å². The Morgan fingerprint density at radius 1 is 0.952 bits per heavy atom. The summed E-state index contributed by atoms with van der Waals surface area (Å²) in [5.74, 6) is -0.252. The Morgan fingerprint density at radius 3 is 2.31 bits per heavy atom. The first-order valence-corrected chi connectivity index (χ1v) is 16.8. The van der Waals surface area contributed by atoms with Crippen LogP contribution >= 0.6 is 15.9 Å². The molecule has 8 nitrogen and oxygen atoms in total. The van der Waals surface area contributed by atoms with Crippen LogP contribution in [-0.4, -0.2) is 57.1 Å². The van der Waals surface area contributed by atoms with Crippen molar-refractivity contribution in [2.45, 2.75) is 57.2 Å². The maximum absolute atomic E-state index is 14.2. The summed E-state index contributed by atoms with van der Waals surface area (Å²) in [6.45, 7) is -0.342. The number of carbonyl (C=O) groups excluding carboxylic acids is 2. The molecule has 1 N–H and O–H groups in total. The second kappa shape index (κ2) is 14.7. The minimum Gasteiger partial charge on any atom is -0.497 e. The van der Waals surface area contributed by atoms with Gasteiger partial charge in [-0.2, -0.15) is 0 Å². The number of hydrogen-bond donors (Lipinski definition) is 1. The molecule has 0 bridgehead atoms. The van der Waals surface area contributed by atoms with Crippen LogP contribution in [0.25, 0.3) is 0 Å². The number of halogens is 1. The van der Waals surface area contributed by atoms with Crippen molar-refractivity contribution in [2.75, 3.05) is 24.2 Å². The summed E-state index contributed by atoms with van der Waals surface area (Å²) < 4.78 is 33.2. The van der Waals surface area contributed by atoms with Gasteiger partial charge in [-0.1, -0.05) is 83.7 Å². The molecule has 0 radical (unpaired) electrons. The molecule has 3 aromatic carbocycles. The molecule has 0 aromatic heterocycles. The van der Waals surface area contributed by atoms with Crippen molar-refractivity contribution < 1.29 is 22.7 Å². The summed E-state index contributed by atoms with van der Waals surface area (Å²) in [5.41, 5.74) is 2.02. The normalized spacial score (nSPS) is 14.5. The van der Waals surface area contributed by atoms with Crippen molar-refractivity contribution >= 4 is 43.5 Å². The van der Waals surface area contributed by atoms with E-state index in [2.05, 4.69) is 21.2 Å². The summed E-state index contributed by atoms with van der Waals surface area (Å²) in [4.78, 5) is 29.8. The monoisotopic (exact) mass is 655 g/mol. The zero-order valence-corrected chi connectivity index (χ0v) is 26.4. The molecule has 1 aliphatic carbocycles. The van der Waals surface area contributed by atoms with Gasteiger partial charge < -0.3 is 15.0 Å². The van der Waals surface area contributed by atoms with Gasteiger partial charge in [0.25, 0.3) is 0 Å². The van der Waals surface area contributed by atoms with E-state index in [1.165, 1.54) is 12.0 Å². The molecule has 1 saturated carbocycles. The standard InChI is InChI=1S/C32H38BrN3O5S/c1-41-29-18-10-17-28(21-29)36(42(2,39)40)23-31(37)35(22-25-13-9-14-26(33)19-25)30(20-24-11-5-3-6-12-24)32(38)34-27-15-7-4-8-16-27/h3,5-6,9-14,17-19,21,27,30H,4,7-8,15-16,20,22-23H2,1-2H3,(H,34,38)/t30-/m1/s1. The highest BCUT2D eigenvalue weighted by Gasteiger charge is 2.34. The van der Waals surface area contributed by atoms with Gasteiger partial charge in [-0.25, -0.2) is 8.42 Å². The van der Waals surface area contributed by atoms with Crippen LogP contribution in [0.15, 0.2) is 83.3 Å². The Morgan fingerprint density at radius 2 is 1.64 bits per heavy atom. The van der Waals surface area contributed by atoms with Crippen molar-refractivity contribution in [2.24, 2.45) is 0 Å². The van der Waals surface area contributed by atoms with Gasteiger partial charge >= 0.3 is 0 Å². The molecule has 42 heavy (non-hydrogen) atoms. The Bertz CT molecular complexity index is 1460. The van der Waals surface area contributed by atoms with Crippen LogP contribution in [-0.2, 0) is 32.6 Å². The molecule has 224 valence electrons. The second-order valence-corrected chi connectivity index (χ2v) is 13.5. The van der Waals surface area contributed by atoms with Gasteiger partial charge in [-0.05, 0) is 48.2 Å². The number of sulfonamides is 1. The second-order valence-electron chi connectivity index (χ2n) is 10.7. The third-order valence-corrected chi connectivity index (χ3v) is 9.12. The zero-order valence-electron chi connectivity index (χ0n) is 24.0. The van der Waals surface area contributed by atoms with Gasteiger partial charge in [-0.3, -0.25) is 13.9 Å². The number of carbonyl (C=O) groups is 2. The minimum absolute atomic E-state index is 0.0525. The van der Waals surface area contributed by atoms with Crippen molar-refractivity contribution in [3.63, 3.8) is 0 Å². The third-order valence-electron chi connectivity index (χ3n) is 7.49. The molecule has 0 unspecified atom stereocenters. The van der Waals surface area contributed by atoms with Crippen molar-refractivity contribution in [3.05, 3.63) is 94.5 Å². The zero-order chi connectivity index (χ0) is 30.1. The largest absolute Gasteiger partial charge is 0.497 e. The summed E-state index contributed by atoms with van der Waals surface area (Å²) in [6, 6.07) is 22.9. The van der Waals surface area contributed by atoms with Crippen molar-refractivity contribution in [3.8, 4) is 5.75 Å². The molecular weight excluding hydrogens is 618 g/mol. The van der Waals surface area contributed by atoms with Crippen molar-refractivity contribution in [1.82, 2.24) is 10.2 Å². The summed E-state index contributed by atoms with van der Waals surface area (Å²) >= 11 is 3.50. The van der Waals surface area contributed by atoms with E-state index >= 15 is 0 Å². The van der Waals surface area contributed by atoms with Crippen LogP contribution in [0.1, 0.15) is 43.2 Å². The van der Waals surface area contributed by atoms with E-state index in [0.29, 0.717) is 11.4 Å². The first-order chi connectivity index (χ1) is 20.1. The highest BCUT2D eigenvalue weighted by molar-refractivity contribution is 9.10. The summed E-state index contributed by atoms with van der Waals surface area (Å²) in [6.07, 6.45) is 6.42. The number of benzene rings is 3. The molecule has 0 aliphatic heterocycles. The third kappa shape index (κ3) is 8.82. The first kappa shape index (κ1) is 31.6. The molecule has 0 heterocycles. The van der Waals surface area contributed by atoms with E-state index in [-0.39, 0.29) is 24.9 Å². The number of methoxy groups -OCH3 is 1. The van der Waals surface area contributed by atoms with Crippen LogP contribution in [0.3, 0.4) is 0 Å². The lowest BCUT2D eigenvalue weighted by molar-refractivity contribution is -0.140. The number of anilines is 1. The number of rotatable bonds is 12. The van der Waals surface area contributed by atoms with Gasteiger partial charge in [0.15, 0.2) is 0 Å². The van der Waals surface area contributed by atoms with E-state index in [1.54, 1.807) is 24.3 Å². The smallest absolute Gasteiger partial charge is 0.244 e. The fourth-order valence-corrected chi connectivity index (χ4v) is 6.60. The van der Waals surface area contributed by atoms with Gasteiger partial charge in [-0.15, -0.1) is 0 Å². The Hall–Kier alpha value is -3.37. The average molecular weight is 657 g/mol. The number of nitrogens with zero attached hydrogens (tertiary/aromatic N) is 2. The Labute approximate surface area is 257 Å². The highest BCUT2D eigenvalue weighted by Crippen LogP contribution is 2.25. The minimum atomic E-state index is -3.86. The van der Waals surface area contributed by atoms with Crippen LogP contribution < -0.4 is 14.4 Å². The van der Waals surface area contributed by atoms with Gasteiger partial charge in [0.05, 0.1) is 19.1 Å². The molecule has 4 rings (SSSR count). The van der Waals surface area contributed by atoms with Gasteiger partial charge in [0.1, 0.15) is 18.3 Å². The predicted octanol–water partition coefficient (Wildman–Crippen LogP) is 5.31. The number of ether oxygens (including phenoxy) is 1. The highest BCUT2D eigenvalue weighted by atomic mass is 79.9. The molecular formula is C32H38BrN3O5S. The average Bonchev–Trinajstić information content (AvgIpc) is 2.98. The lowest BCUT2D eigenvalue weighted by Gasteiger charge is -2.35. The quantitative estimate of drug-likeness (QED) is 0.285. The van der Waals surface area contributed by atoms with Gasteiger partial charge in [0, 0.05) is 29.5 Å². The molecule has 1 fully saturated rings. The van der Waals surface area contributed by atoms with E-state index in [4.69, 9.17) is 4.74 Å². The SMILES string of the molecule is COc1cccc(N(CC(=O)N(Cc2cccc(Br)c2)[C@H](Cc2ccccc2)C(=O)NC2CCCCC2)S(C)(=O)=O)c1. The molecule has 2 amide bonds. The lowest BCUT2D eigenvalue weighted by Crippen LogP contribution is -2.55. The lowest BCUT2D eigenvalue weighted by atomic mass is 9.94. The topological polar surface area (TPSA) is 96.0 Å². The maximum atomic E-state index is 14.2. The van der Waals surface area contributed by atoms with Crippen molar-refractivity contribution in [1.29, 1.82) is 0 Å². The Balaban J connectivity index is 1.72. The molecule has 0 spiro atoms.